The SMILES string of the molecule is O=C1CC(NC(=O)Nc2ccc(Cl)cc2C(=O)O)CN1. The summed E-state index contributed by atoms with van der Waals surface area (Å²) in [5, 5.41) is 16.9. The van der Waals surface area contributed by atoms with Gasteiger partial charge in [-0.05, 0) is 18.2 Å². The van der Waals surface area contributed by atoms with E-state index in [9.17, 15) is 14.4 Å². The number of nitrogens with one attached hydrogen (secondary N) is 3. The van der Waals surface area contributed by atoms with Gasteiger partial charge in [0.1, 0.15) is 0 Å². The first-order chi connectivity index (χ1) is 9.45. The zero-order valence-electron chi connectivity index (χ0n) is 10.3. The number of carboxylic acids is 1. The zero-order valence-corrected chi connectivity index (χ0v) is 11.0. The molecule has 0 aliphatic carbocycles. The van der Waals surface area contributed by atoms with Crippen molar-refractivity contribution in [3.05, 3.63) is 28.8 Å². The molecule has 1 atom stereocenters. The van der Waals surface area contributed by atoms with E-state index in [4.69, 9.17) is 16.7 Å². The Labute approximate surface area is 119 Å². The molecule has 0 radical (unpaired) electrons. The number of urea groups is 1. The molecule has 0 aromatic heterocycles. The fourth-order valence-electron chi connectivity index (χ4n) is 1.85. The standard InChI is InChI=1S/C12H12ClN3O4/c13-6-1-2-9(8(3-6)11(18)19)16-12(20)15-7-4-10(17)14-5-7/h1-3,7H,4-5H2,(H,14,17)(H,18,19)(H2,15,16,20). The van der Waals surface area contributed by atoms with Gasteiger partial charge in [-0.25, -0.2) is 9.59 Å². The first-order valence-electron chi connectivity index (χ1n) is 5.83. The van der Waals surface area contributed by atoms with Crippen LogP contribution in [0, 0.1) is 0 Å². The van der Waals surface area contributed by atoms with Crippen LogP contribution in [0.2, 0.25) is 5.02 Å². The van der Waals surface area contributed by atoms with Crippen LogP contribution in [-0.2, 0) is 4.79 Å². The van der Waals surface area contributed by atoms with Crippen LogP contribution in [0.5, 0.6) is 0 Å². The lowest BCUT2D eigenvalue weighted by Gasteiger charge is -2.13. The Kier molecular flexibility index (Phi) is 4.09. The smallest absolute Gasteiger partial charge is 0.337 e. The molecule has 2 rings (SSSR count). The van der Waals surface area contributed by atoms with Crippen LogP contribution in [-0.4, -0.2) is 35.6 Å². The molecule has 0 saturated carbocycles. The summed E-state index contributed by atoms with van der Waals surface area (Å²) in [5.41, 5.74) is 0.0324. The van der Waals surface area contributed by atoms with Crippen LogP contribution < -0.4 is 16.0 Å². The van der Waals surface area contributed by atoms with Crippen molar-refractivity contribution in [1.29, 1.82) is 0 Å². The fraction of sp³-hybridized carbons (Fsp3) is 0.250. The fourth-order valence-corrected chi connectivity index (χ4v) is 2.03. The minimum absolute atomic E-state index is 0.103. The third kappa shape index (κ3) is 3.39. The summed E-state index contributed by atoms with van der Waals surface area (Å²) in [5.74, 6) is -1.33. The number of amides is 3. The van der Waals surface area contributed by atoms with Crippen molar-refractivity contribution < 1.29 is 19.5 Å². The topological polar surface area (TPSA) is 108 Å². The average molecular weight is 298 g/mol. The van der Waals surface area contributed by atoms with Crippen molar-refractivity contribution in [2.45, 2.75) is 12.5 Å². The summed E-state index contributed by atoms with van der Waals surface area (Å²) in [6, 6.07) is 3.26. The van der Waals surface area contributed by atoms with Crippen molar-refractivity contribution in [2.75, 3.05) is 11.9 Å². The summed E-state index contributed by atoms with van der Waals surface area (Å²) >= 11 is 5.71. The van der Waals surface area contributed by atoms with Gasteiger partial charge in [0.05, 0.1) is 17.3 Å². The molecule has 20 heavy (non-hydrogen) atoms. The molecule has 1 aromatic rings. The number of hydrogen-bond donors (Lipinski definition) is 4. The number of benzene rings is 1. The van der Waals surface area contributed by atoms with Gasteiger partial charge in [0.15, 0.2) is 0 Å². The molecular weight excluding hydrogens is 286 g/mol. The number of carboxylic acid groups (broad SMARTS) is 1. The first kappa shape index (κ1) is 14.1. The molecule has 1 unspecified atom stereocenters. The van der Waals surface area contributed by atoms with Crippen molar-refractivity contribution >= 4 is 35.2 Å². The Morgan fingerprint density at radius 1 is 1.40 bits per heavy atom. The minimum atomic E-state index is -1.19. The van der Waals surface area contributed by atoms with Gasteiger partial charge in [0.2, 0.25) is 5.91 Å². The van der Waals surface area contributed by atoms with E-state index >= 15 is 0 Å². The molecule has 1 aliphatic rings. The van der Waals surface area contributed by atoms with E-state index in [0.29, 0.717) is 6.54 Å². The maximum Gasteiger partial charge on any atom is 0.337 e. The summed E-state index contributed by atoms with van der Waals surface area (Å²) < 4.78 is 0. The third-order valence-corrected chi connectivity index (χ3v) is 3.01. The number of carbonyl (C=O) groups excluding carboxylic acids is 2. The van der Waals surface area contributed by atoms with E-state index in [1.807, 2.05) is 0 Å². The molecule has 7 nitrogen and oxygen atoms in total. The Balaban J connectivity index is 2.04. The summed E-state index contributed by atoms with van der Waals surface area (Å²) in [4.78, 5) is 33.8. The molecule has 4 N–H and O–H groups in total. The maximum atomic E-state index is 11.7. The molecule has 0 bridgehead atoms. The largest absolute Gasteiger partial charge is 0.478 e. The van der Waals surface area contributed by atoms with Crippen LogP contribution in [0.4, 0.5) is 10.5 Å². The van der Waals surface area contributed by atoms with E-state index in [0.717, 1.165) is 0 Å². The predicted octanol–water partition coefficient (Wildman–Crippen LogP) is 1.05. The van der Waals surface area contributed by atoms with E-state index < -0.39 is 12.0 Å². The molecule has 1 aliphatic heterocycles. The first-order valence-corrected chi connectivity index (χ1v) is 6.20. The summed E-state index contributed by atoms with van der Waals surface area (Å²) in [7, 11) is 0. The van der Waals surface area contributed by atoms with Crippen molar-refractivity contribution in [3.8, 4) is 0 Å². The lowest BCUT2D eigenvalue weighted by Crippen LogP contribution is -2.39. The normalized spacial score (nSPS) is 17.4. The quantitative estimate of drug-likeness (QED) is 0.669. The maximum absolute atomic E-state index is 11.7. The summed E-state index contributed by atoms with van der Waals surface area (Å²) in [6.07, 6.45) is 0.208. The molecule has 1 heterocycles. The van der Waals surface area contributed by atoms with Gasteiger partial charge in [-0.15, -0.1) is 0 Å². The molecule has 1 saturated heterocycles. The molecule has 0 spiro atoms. The van der Waals surface area contributed by atoms with Crippen LogP contribution in [0.1, 0.15) is 16.8 Å². The summed E-state index contributed by atoms with van der Waals surface area (Å²) in [6.45, 7) is 0.360. The second-order valence-electron chi connectivity index (χ2n) is 4.30. The monoisotopic (exact) mass is 297 g/mol. The van der Waals surface area contributed by atoms with Crippen molar-refractivity contribution in [1.82, 2.24) is 10.6 Å². The second kappa shape index (κ2) is 5.79. The molecule has 3 amide bonds. The Hall–Kier alpha value is -2.28. The van der Waals surface area contributed by atoms with Crippen LogP contribution in [0.15, 0.2) is 18.2 Å². The predicted molar refractivity (Wildman–Crippen MR) is 72.0 cm³/mol. The van der Waals surface area contributed by atoms with Crippen LogP contribution in [0.3, 0.4) is 0 Å². The number of aromatic carboxylic acids is 1. The third-order valence-electron chi connectivity index (χ3n) is 2.77. The van der Waals surface area contributed by atoms with Crippen molar-refractivity contribution in [2.24, 2.45) is 0 Å². The second-order valence-corrected chi connectivity index (χ2v) is 4.74. The molecule has 8 heteroatoms. The highest BCUT2D eigenvalue weighted by molar-refractivity contribution is 6.31. The highest BCUT2D eigenvalue weighted by Gasteiger charge is 2.23. The number of rotatable bonds is 3. The lowest BCUT2D eigenvalue weighted by molar-refractivity contribution is -0.119. The minimum Gasteiger partial charge on any atom is -0.478 e. The van der Waals surface area contributed by atoms with E-state index in [-0.39, 0.29) is 34.6 Å². The van der Waals surface area contributed by atoms with Gasteiger partial charge in [-0.3, -0.25) is 4.79 Å². The van der Waals surface area contributed by atoms with Crippen LogP contribution >= 0.6 is 11.6 Å². The van der Waals surface area contributed by atoms with Gasteiger partial charge < -0.3 is 21.1 Å². The lowest BCUT2D eigenvalue weighted by atomic mass is 10.2. The van der Waals surface area contributed by atoms with Gasteiger partial charge in [0.25, 0.3) is 0 Å². The highest BCUT2D eigenvalue weighted by atomic mass is 35.5. The van der Waals surface area contributed by atoms with E-state index in [2.05, 4.69) is 16.0 Å². The Morgan fingerprint density at radius 2 is 2.15 bits per heavy atom. The van der Waals surface area contributed by atoms with Gasteiger partial charge in [0, 0.05) is 18.0 Å². The van der Waals surface area contributed by atoms with Gasteiger partial charge in [-0.2, -0.15) is 0 Å². The molecule has 106 valence electrons. The number of anilines is 1. The molecular formula is C12H12ClN3O4. The van der Waals surface area contributed by atoms with Crippen molar-refractivity contribution in [3.63, 3.8) is 0 Å². The number of hydrogen-bond acceptors (Lipinski definition) is 3. The van der Waals surface area contributed by atoms with E-state index in [1.54, 1.807) is 0 Å². The number of carbonyl (C=O) groups is 3. The Bertz CT molecular complexity index is 576. The van der Waals surface area contributed by atoms with Crippen LogP contribution in [0.25, 0.3) is 0 Å². The molecule has 1 fully saturated rings. The zero-order chi connectivity index (χ0) is 14.7. The average Bonchev–Trinajstić information content (AvgIpc) is 2.76. The number of halogens is 1. The molecule has 1 aromatic carbocycles. The van der Waals surface area contributed by atoms with Gasteiger partial charge >= 0.3 is 12.0 Å². The van der Waals surface area contributed by atoms with E-state index in [1.165, 1.54) is 18.2 Å². The highest BCUT2D eigenvalue weighted by Crippen LogP contribution is 2.20. The Morgan fingerprint density at radius 3 is 2.75 bits per heavy atom. The van der Waals surface area contributed by atoms with Gasteiger partial charge in [-0.1, -0.05) is 11.6 Å².